The van der Waals surface area contributed by atoms with Gasteiger partial charge in [-0.3, -0.25) is 13.8 Å². The van der Waals surface area contributed by atoms with Crippen LogP contribution in [0.1, 0.15) is 38.8 Å². The van der Waals surface area contributed by atoms with Crippen molar-refractivity contribution < 1.29 is 18.0 Å². The highest BCUT2D eigenvalue weighted by Gasteiger charge is 2.47. The summed E-state index contributed by atoms with van der Waals surface area (Å²) < 4.78 is 18.6. The van der Waals surface area contributed by atoms with E-state index >= 15 is 0 Å². The molecule has 0 aliphatic carbocycles. The summed E-state index contributed by atoms with van der Waals surface area (Å²) in [6.45, 7) is 7.47. The normalized spacial score (nSPS) is 23.1. The van der Waals surface area contributed by atoms with Crippen LogP contribution in [0.2, 0.25) is 0 Å². The fourth-order valence-corrected chi connectivity index (χ4v) is 4.60. The molecule has 0 saturated carbocycles. The molecule has 134 valence electrons. The number of thioether (sulfide) groups is 1. The molecule has 0 saturated heterocycles. The topological polar surface area (TPSA) is 88.1 Å². The third-order valence-corrected chi connectivity index (χ3v) is 6.19. The Hall–Kier alpha value is -1.71. The van der Waals surface area contributed by atoms with Gasteiger partial charge in [0.2, 0.25) is 0 Å². The van der Waals surface area contributed by atoms with Gasteiger partial charge in [-0.1, -0.05) is 17.8 Å². The van der Waals surface area contributed by atoms with Gasteiger partial charge in [-0.05, 0) is 51.0 Å². The number of nitrogens with one attached hydrogen (secondary N) is 1. The predicted molar refractivity (Wildman–Crippen MR) is 98.8 cm³/mol. The zero-order chi connectivity index (χ0) is 18.4. The maximum atomic E-state index is 12.8. The van der Waals surface area contributed by atoms with Crippen LogP contribution in [0.4, 0.5) is 10.5 Å². The van der Waals surface area contributed by atoms with Gasteiger partial charge in [0, 0.05) is 0 Å². The standard InChI is InChI=1S/C16H19N3O4S2/c1-5-23-25(22)19-12-7-6-10(8-11(12)16(3,4)14(19)20)13-9(2)24-15(21)18-17-13/h6-9H,5H2,1-4H3,(H,18,21). The van der Waals surface area contributed by atoms with Crippen LogP contribution in [0.3, 0.4) is 0 Å². The number of nitrogens with zero attached hydrogens (tertiary/aromatic N) is 2. The first-order chi connectivity index (χ1) is 11.8. The van der Waals surface area contributed by atoms with E-state index in [4.69, 9.17) is 4.18 Å². The molecule has 9 heteroatoms. The number of hydrazone groups is 1. The van der Waals surface area contributed by atoms with Crippen LogP contribution in [0, 0.1) is 0 Å². The van der Waals surface area contributed by atoms with Crippen molar-refractivity contribution in [2.24, 2.45) is 5.10 Å². The van der Waals surface area contributed by atoms with Crippen LogP contribution in [-0.2, 0) is 25.7 Å². The molecule has 2 aliphatic rings. The summed E-state index contributed by atoms with van der Waals surface area (Å²) in [4.78, 5) is 24.2. The maximum absolute atomic E-state index is 12.8. The SMILES string of the molecule is CCOS(=O)N1C(=O)C(C)(C)c2cc(C3=NNC(=O)SC3C)ccc21. The minimum atomic E-state index is -1.86. The maximum Gasteiger partial charge on any atom is 0.299 e. The molecule has 25 heavy (non-hydrogen) atoms. The zero-order valence-electron chi connectivity index (χ0n) is 14.4. The van der Waals surface area contributed by atoms with E-state index in [0.717, 1.165) is 28.6 Å². The third kappa shape index (κ3) is 3.00. The third-order valence-electron chi connectivity index (χ3n) is 4.21. The van der Waals surface area contributed by atoms with Crippen molar-refractivity contribution >= 4 is 45.6 Å². The molecule has 2 aliphatic heterocycles. The Balaban J connectivity index is 2.05. The van der Waals surface area contributed by atoms with Crippen LogP contribution in [0.5, 0.6) is 0 Å². The minimum Gasteiger partial charge on any atom is -0.274 e. The molecule has 0 spiro atoms. The van der Waals surface area contributed by atoms with Gasteiger partial charge in [0.25, 0.3) is 22.4 Å². The van der Waals surface area contributed by atoms with Gasteiger partial charge < -0.3 is 0 Å². The second-order valence-electron chi connectivity index (χ2n) is 6.24. The quantitative estimate of drug-likeness (QED) is 0.866. The van der Waals surface area contributed by atoms with Gasteiger partial charge in [0.15, 0.2) is 0 Å². The molecule has 2 unspecified atom stereocenters. The second kappa shape index (κ2) is 6.54. The van der Waals surface area contributed by atoms with Gasteiger partial charge in [-0.15, -0.1) is 0 Å². The number of rotatable bonds is 4. The fourth-order valence-electron chi connectivity index (χ4n) is 2.89. The highest BCUT2D eigenvalue weighted by Crippen LogP contribution is 2.43. The number of hydrogen-bond donors (Lipinski definition) is 1. The summed E-state index contributed by atoms with van der Waals surface area (Å²) >= 11 is -0.701. The summed E-state index contributed by atoms with van der Waals surface area (Å²) in [6, 6.07) is 5.45. The highest BCUT2D eigenvalue weighted by atomic mass is 32.2. The highest BCUT2D eigenvalue weighted by molar-refractivity contribution is 8.14. The van der Waals surface area contributed by atoms with E-state index in [0.29, 0.717) is 5.69 Å². The monoisotopic (exact) mass is 381 g/mol. The number of hydrogen-bond acceptors (Lipinski definition) is 6. The first-order valence-corrected chi connectivity index (χ1v) is 9.77. The Morgan fingerprint density at radius 2 is 2.12 bits per heavy atom. The van der Waals surface area contributed by atoms with Crippen LogP contribution < -0.4 is 9.73 Å². The second-order valence-corrected chi connectivity index (χ2v) is 8.59. The smallest absolute Gasteiger partial charge is 0.274 e. The molecule has 7 nitrogen and oxygen atoms in total. The van der Waals surface area contributed by atoms with E-state index in [1.54, 1.807) is 26.8 Å². The number of benzene rings is 1. The van der Waals surface area contributed by atoms with Crippen molar-refractivity contribution in [2.45, 2.75) is 38.4 Å². The molecule has 2 heterocycles. The van der Waals surface area contributed by atoms with E-state index < -0.39 is 16.7 Å². The molecular formula is C16H19N3O4S2. The number of carbonyl (C=O) groups is 2. The molecule has 1 N–H and O–H groups in total. The van der Waals surface area contributed by atoms with E-state index in [1.165, 1.54) is 4.31 Å². The Labute approximate surface area is 153 Å². The summed E-state index contributed by atoms with van der Waals surface area (Å²) in [5.41, 5.74) is 4.54. The van der Waals surface area contributed by atoms with E-state index in [2.05, 4.69) is 10.5 Å². The van der Waals surface area contributed by atoms with E-state index in [9.17, 15) is 13.8 Å². The van der Waals surface area contributed by atoms with Crippen molar-refractivity contribution in [2.75, 3.05) is 10.9 Å². The Bertz CT molecular complexity index is 807. The van der Waals surface area contributed by atoms with Crippen molar-refractivity contribution in [3.63, 3.8) is 0 Å². The molecule has 3 rings (SSSR count). The molecule has 2 atom stereocenters. The lowest BCUT2D eigenvalue weighted by molar-refractivity contribution is -0.121. The van der Waals surface area contributed by atoms with Crippen molar-refractivity contribution in [1.82, 2.24) is 5.43 Å². The predicted octanol–water partition coefficient (Wildman–Crippen LogP) is 2.48. The molecule has 0 radical (unpaired) electrons. The number of amides is 2. The average molecular weight is 381 g/mol. The van der Waals surface area contributed by atoms with Gasteiger partial charge in [-0.2, -0.15) is 5.10 Å². The fraction of sp³-hybridized carbons (Fsp3) is 0.438. The first kappa shape index (κ1) is 18.1. The van der Waals surface area contributed by atoms with Gasteiger partial charge in [-0.25, -0.2) is 13.9 Å². The summed E-state index contributed by atoms with van der Waals surface area (Å²) in [5, 5.41) is 3.87. The van der Waals surface area contributed by atoms with Crippen LogP contribution >= 0.6 is 11.8 Å². The molecule has 0 aromatic heterocycles. The van der Waals surface area contributed by atoms with Crippen molar-refractivity contribution in [3.05, 3.63) is 29.3 Å². The van der Waals surface area contributed by atoms with Gasteiger partial charge in [0.1, 0.15) is 0 Å². The molecule has 0 bridgehead atoms. The number of anilines is 1. The average Bonchev–Trinajstić information content (AvgIpc) is 2.74. The number of carbonyl (C=O) groups excluding carboxylic acids is 2. The Morgan fingerprint density at radius 3 is 2.76 bits per heavy atom. The van der Waals surface area contributed by atoms with Crippen LogP contribution in [0.15, 0.2) is 23.3 Å². The lowest BCUT2D eigenvalue weighted by atomic mass is 9.85. The Morgan fingerprint density at radius 1 is 1.40 bits per heavy atom. The Kier molecular flexibility index (Phi) is 4.74. The molecule has 1 aromatic carbocycles. The van der Waals surface area contributed by atoms with Gasteiger partial charge >= 0.3 is 0 Å². The summed E-state index contributed by atoms with van der Waals surface area (Å²) in [7, 11) is 0. The van der Waals surface area contributed by atoms with Crippen molar-refractivity contribution in [3.8, 4) is 0 Å². The summed E-state index contributed by atoms with van der Waals surface area (Å²) in [5.74, 6) is -0.271. The zero-order valence-corrected chi connectivity index (χ0v) is 16.0. The van der Waals surface area contributed by atoms with Crippen LogP contribution in [0.25, 0.3) is 0 Å². The molecule has 0 fully saturated rings. The van der Waals surface area contributed by atoms with Crippen molar-refractivity contribution in [1.29, 1.82) is 0 Å². The number of fused-ring (bicyclic) bond motifs is 1. The van der Waals surface area contributed by atoms with E-state index in [-0.39, 0.29) is 23.0 Å². The molecule has 1 aromatic rings. The minimum absolute atomic E-state index is 0.0966. The van der Waals surface area contributed by atoms with Gasteiger partial charge in [0.05, 0.1) is 28.7 Å². The van der Waals surface area contributed by atoms with E-state index in [1.807, 2.05) is 19.1 Å². The molecular weight excluding hydrogens is 362 g/mol. The molecule has 2 amide bonds. The summed E-state index contributed by atoms with van der Waals surface area (Å²) in [6.07, 6.45) is 0. The largest absolute Gasteiger partial charge is 0.299 e. The lowest BCUT2D eigenvalue weighted by Gasteiger charge is -2.20. The lowest BCUT2D eigenvalue weighted by Crippen LogP contribution is -2.38. The van der Waals surface area contributed by atoms with Crippen LogP contribution in [-0.4, -0.2) is 32.9 Å². The first-order valence-electron chi connectivity index (χ1n) is 7.86.